The van der Waals surface area contributed by atoms with Gasteiger partial charge in [-0.2, -0.15) is 0 Å². The third-order valence-electron chi connectivity index (χ3n) is 3.25. The molecule has 2 rings (SSSR count). The maximum Gasteiger partial charge on any atom is 0.225 e. The minimum atomic E-state index is 0.0868. The summed E-state index contributed by atoms with van der Waals surface area (Å²) in [7, 11) is 3.95. The Labute approximate surface area is 108 Å². The van der Waals surface area contributed by atoms with Crippen molar-refractivity contribution in [3.05, 3.63) is 24.3 Å². The molecule has 4 heteroatoms. The fourth-order valence-corrected chi connectivity index (χ4v) is 2.33. The average Bonchev–Trinajstić information content (AvgIpc) is 2.82. The van der Waals surface area contributed by atoms with Crippen LogP contribution in [0.4, 0.5) is 11.4 Å². The molecule has 0 saturated carbocycles. The highest BCUT2D eigenvalue weighted by Crippen LogP contribution is 2.23. The van der Waals surface area contributed by atoms with Gasteiger partial charge in [0.1, 0.15) is 0 Å². The molecule has 1 aromatic rings. The molecule has 0 aromatic heterocycles. The molecule has 4 nitrogen and oxygen atoms in total. The van der Waals surface area contributed by atoms with E-state index < -0.39 is 0 Å². The van der Waals surface area contributed by atoms with E-state index in [1.807, 2.05) is 43.3 Å². The van der Waals surface area contributed by atoms with Crippen molar-refractivity contribution in [2.24, 2.45) is 0 Å². The summed E-state index contributed by atoms with van der Waals surface area (Å²) in [5.74, 6) is 0.0868. The Kier molecular flexibility index (Phi) is 4.20. The van der Waals surface area contributed by atoms with Gasteiger partial charge >= 0.3 is 0 Å². The first kappa shape index (κ1) is 12.9. The van der Waals surface area contributed by atoms with Crippen LogP contribution in [0.3, 0.4) is 0 Å². The zero-order valence-electron chi connectivity index (χ0n) is 11.1. The molecule has 1 aromatic carbocycles. The molecular weight excluding hydrogens is 226 g/mol. The van der Waals surface area contributed by atoms with Gasteiger partial charge in [0.25, 0.3) is 0 Å². The van der Waals surface area contributed by atoms with Gasteiger partial charge in [0.15, 0.2) is 0 Å². The minimum Gasteiger partial charge on any atom is -0.376 e. The summed E-state index contributed by atoms with van der Waals surface area (Å²) < 4.78 is 0. The van der Waals surface area contributed by atoms with Crippen molar-refractivity contribution in [3.8, 4) is 0 Å². The Bertz CT molecular complexity index is 411. The second-order valence-corrected chi connectivity index (χ2v) is 4.96. The molecule has 1 atom stereocenters. The van der Waals surface area contributed by atoms with Crippen LogP contribution in [0.25, 0.3) is 0 Å². The first-order valence-electron chi connectivity index (χ1n) is 6.46. The molecule has 0 spiro atoms. The Morgan fingerprint density at radius 1 is 1.44 bits per heavy atom. The van der Waals surface area contributed by atoms with Crippen LogP contribution in [0.2, 0.25) is 0 Å². The number of benzene rings is 1. The summed E-state index contributed by atoms with van der Waals surface area (Å²) in [4.78, 5) is 14.0. The lowest BCUT2D eigenvalue weighted by Gasteiger charge is -2.18. The zero-order valence-corrected chi connectivity index (χ0v) is 11.1. The maximum atomic E-state index is 12.0. The summed E-state index contributed by atoms with van der Waals surface area (Å²) >= 11 is 0. The number of hydrogen-bond donors (Lipinski definition) is 2. The second kappa shape index (κ2) is 5.87. The molecule has 18 heavy (non-hydrogen) atoms. The molecule has 1 amide bonds. The predicted molar refractivity (Wildman–Crippen MR) is 75.0 cm³/mol. The second-order valence-electron chi connectivity index (χ2n) is 4.96. The smallest absolute Gasteiger partial charge is 0.225 e. The highest BCUT2D eigenvalue weighted by atomic mass is 16.1. The Balaban J connectivity index is 1.97. The molecule has 0 bridgehead atoms. The molecular formula is C14H21N3O. The van der Waals surface area contributed by atoms with Crippen molar-refractivity contribution >= 4 is 17.3 Å². The average molecular weight is 247 g/mol. The third-order valence-corrected chi connectivity index (χ3v) is 3.25. The van der Waals surface area contributed by atoms with Crippen LogP contribution >= 0.6 is 0 Å². The monoisotopic (exact) mass is 247 g/mol. The number of anilines is 2. The van der Waals surface area contributed by atoms with E-state index in [1.165, 1.54) is 6.42 Å². The predicted octanol–water partition coefficient (Wildman–Crippen LogP) is 1.83. The number of nitrogens with one attached hydrogen (secondary N) is 2. The molecule has 2 N–H and O–H groups in total. The zero-order chi connectivity index (χ0) is 13.0. The molecule has 1 heterocycles. The largest absolute Gasteiger partial charge is 0.376 e. The Morgan fingerprint density at radius 3 is 2.89 bits per heavy atom. The van der Waals surface area contributed by atoms with Crippen LogP contribution in [0, 0.1) is 0 Å². The summed E-state index contributed by atoms with van der Waals surface area (Å²) in [6.07, 6.45) is 2.83. The van der Waals surface area contributed by atoms with Crippen molar-refractivity contribution in [2.45, 2.75) is 25.3 Å². The molecule has 1 saturated heterocycles. The number of amides is 1. The van der Waals surface area contributed by atoms with Gasteiger partial charge in [-0.15, -0.1) is 0 Å². The number of carbonyl (C=O) groups is 1. The molecule has 1 unspecified atom stereocenters. The van der Waals surface area contributed by atoms with E-state index in [0.717, 1.165) is 24.3 Å². The third kappa shape index (κ3) is 3.23. The van der Waals surface area contributed by atoms with Crippen molar-refractivity contribution < 1.29 is 4.79 Å². The topological polar surface area (TPSA) is 44.4 Å². The quantitative estimate of drug-likeness (QED) is 0.853. The van der Waals surface area contributed by atoms with Gasteiger partial charge in [-0.25, -0.2) is 0 Å². The lowest BCUT2D eigenvalue weighted by atomic mass is 10.1. The molecule has 1 fully saturated rings. The van der Waals surface area contributed by atoms with Crippen LogP contribution in [0.1, 0.15) is 19.3 Å². The van der Waals surface area contributed by atoms with E-state index in [-0.39, 0.29) is 5.91 Å². The van der Waals surface area contributed by atoms with Crippen molar-refractivity contribution in [2.75, 3.05) is 30.9 Å². The summed E-state index contributed by atoms with van der Waals surface area (Å²) in [5, 5.41) is 6.34. The van der Waals surface area contributed by atoms with Crippen molar-refractivity contribution in [1.82, 2.24) is 5.32 Å². The van der Waals surface area contributed by atoms with E-state index in [9.17, 15) is 4.79 Å². The van der Waals surface area contributed by atoms with Crippen LogP contribution < -0.4 is 15.5 Å². The van der Waals surface area contributed by atoms with Crippen LogP contribution in [0.15, 0.2) is 24.3 Å². The Morgan fingerprint density at radius 2 is 2.22 bits per heavy atom. The first-order valence-corrected chi connectivity index (χ1v) is 6.46. The van der Waals surface area contributed by atoms with Gasteiger partial charge in [-0.3, -0.25) is 4.79 Å². The highest BCUT2D eigenvalue weighted by Gasteiger charge is 2.18. The summed E-state index contributed by atoms with van der Waals surface area (Å²) in [6, 6.07) is 8.20. The van der Waals surface area contributed by atoms with E-state index in [1.54, 1.807) is 0 Å². The lowest BCUT2D eigenvalue weighted by molar-refractivity contribution is -0.116. The summed E-state index contributed by atoms with van der Waals surface area (Å²) in [6.45, 7) is 1.03. The first-order chi connectivity index (χ1) is 8.66. The molecule has 1 aliphatic rings. The Hall–Kier alpha value is -1.55. The van der Waals surface area contributed by atoms with Crippen molar-refractivity contribution in [3.63, 3.8) is 0 Å². The van der Waals surface area contributed by atoms with Crippen LogP contribution in [-0.2, 0) is 4.79 Å². The number of para-hydroxylation sites is 2. The number of nitrogens with zero attached hydrogens (tertiary/aromatic N) is 1. The van der Waals surface area contributed by atoms with Gasteiger partial charge in [0.2, 0.25) is 5.91 Å². The standard InChI is InChI=1S/C14H21N3O/c1-17(2)13-8-4-3-7-12(13)16-14(18)10-11-6-5-9-15-11/h3-4,7-8,11,15H,5-6,9-10H2,1-2H3,(H,16,18). The van der Waals surface area contributed by atoms with Crippen LogP contribution in [-0.4, -0.2) is 32.6 Å². The molecule has 1 aliphatic heterocycles. The maximum absolute atomic E-state index is 12.0. The van der Waals surface area contributed by atoms with E-state index in [0.29, 0.717) is 12.5 Å². The molecule has 0 radical (unpaired) electrons. The van der Waals surface area contributed by atoms with E-state index in [2.05, 4.69) is 10.6 Å². The SMILES string of the molecule is CN(C)c1ccccc1NC(=O)CC1CCCN1. The van der Waals surface area contributed by atoms with Gasteiger partial charge in [0, 0.05) is 26.6 Å². The van der Waals surface area contributed by atoms with Gasteiger partial charge in [-0.1, -0.05) is 12.1 Å². The van der Waals surface area contributed by atoms with E-state index >= 15 is 0 Å². The van der Waals surface area contributed by atoms with Gasteiger partial charge in [-0.05, 0) is 31.5 Å². The number of carbonyl (C=O) groups excluding carboxylic acids is 1. The summed E-state index contributed by atoms with van der Waals surface area (Å²) in [5.41, 5.74) is 1.91. The van der Waals surface area contributed by atoms with Crippen LogP contribution in [0.5, 0.6) is 0 Å². The normalized spacial score (nSPS) is 18.7. The van der Waals surface area contributed by atoms with E-state index in [4.69, 9.17) is 0 Å². The highest BCUT2D eigenvalue weighted by molar-refractivity contribution is 5.94. The van der Waals surface area contributed by atoms with Crippen molar-refractivity contribution in [1.29, 1.82) is 0 Å². The van der Waals surface area contributed by atoms with Gasteiger partial charge in [0.05, 0.1) is 11.4 Å². The fourth-order valence-electron chi connectivity index (χ4n) is 2.33. The fraction of sp³-hybridized carbons (Fsp3) is 0.500. The molecule has 98 valence electrons. The number of hydrogen-bond acceptors (Lipinski definition) is 3. The molecule has 0 aliphatic carbocycles. The number of rotatable bonds is 4. The minimum absolute atomic E-state index is 0.0868. The lowest BCUT2D eigenvalue weighted by Crippen LogP contribution is -2.27. The van der Waals surface area contributed by atoms with Gasteiger partial charge < -0.3 is 15.5 Å².